The summed E-state index contributed by atoms with van der Waals surface area (Å²) in [7, 11) is -9.77. The zero-order chi connectivity index (χ0) is 63.8. The standard InChI is InChI=1S/C69H122O16P2/c1-4-7-10-13-16-19-22-24-26-27-28-29-30-31-32-33-34-35-37-39-41-43-46-49-52-55-67(72)79-58-64(70)59-81-86(75,76)82-60-65(71)61-83-87(77,78)84-63-66(85-69(74)57-54-51-48-45-40-21-18-15-12-9-6-3)62-80-68(73)56-53-50-47-44-42-38-36-25-23-20-17-14-11-8-5-2/h7,10,15-16,18-19,24-26,28-29,31-32,36,64-66,70-71H,4-6,8-9,11-14,17,20-23,27,30,33-35,37-63H2,1-3H3,(H,75,76)(H,77,78)/b10-7-,18-15-,19-16-,26-24-,29-28-,32-31-,36-25-. The molecule has 0 heterocycles. The van der Waals surface area contributed by atoms with E-state index < -0.39 is 91.5 Å². The van der Waals surface area contributed by atoms with Crippen molar-refractivity contribution in [1.82, 2.24) is 0 Å². The van der Waals surface area contributed by atoms with Gasteiger partial charge in [-0.3, -0.25) is 32.5 Å². The van der Waals surface area contributed by atoms with Gasteiger partial charge in [0.1, 0.15) is 25.4 Å². The van der Waals surface area contributed by atoms with Crippen LogP contribution in [-0.2, 0) is 55.8 Å². The number of phosphoric ester groups is 2. The molecule has 4 N–H and O–H groups in total. The van der Waals surface area contributed by atoms with Crippen molar-refractivity contribution in [3.63, 3.8) is 0 Å². The highest BCUT2D eigenvalue weighted by Gasteiger charge is 2.29. The van der Waals surface area contributed by atoms with Gasteiger partial charge >= 0.3 is 33.6 Å². The lowest BCUT2D eigenvalue weighted by atomic mass is 10.1. The van der Waals surface area contributed by atoms with Gasteiger partial charge in [0.05, 0.1) is 26.4 Å². The van der Waals surface area contributed by atoms with E-state index in [4.69, 9.17) is 32.3 Å². The first kappa shape index (κ1) is 83.7. The molecule has 0 aromatic rings. The van der Waals surface area contributed by atoms with Crippen molar-refractivity contribution in [2.45, 2.75) is 296 Å². The molecule has 0 aromatic heterocycles. The summed E-state index contributed by atoms with van der Waals surface area (Å²) in [5.74, 6) is -1.60. The summed E-state index contributed by atoms with van der Waals surface area (Å²) in [6.45, 7) is 2.49. The molecular weight excluding hydrogens is 1150 g/mol. The highest BCUT2D eigenvalue weighted by atomic mass is 31.2. The Hall–Kier alpha value is -3.27. The van der Waals surface area contributed by atoms with Crippen LogP contribution in [0.3, 0.4) is 0 Å². The molecule has 87 heavy (non-hydrogen) atoms. The fourth-order valence-electron chi connectivity index (χ4n) is 8.87. The second-order valence-corrected chi connectivity index (χ2v) is 25.5. The first-order chi connectivity index (χ1) is 42.2. The van der Waals surface area contributed by atoms with Gasteiger partial charge in [-0.05, 0) is 109 Å². The summed E-state index contributed by atoms with van der Waals surface area (Å²) in [5, 5.41) is 20.5. The normalized spacial score (nSPS) is 14.8. The number of aliphatic hydroxyl groups is 2. The molecule has 0 aliphatic rings. The van der Waals surface area contributed by atoms with Crippen molar-refractivity contribution in [2.75, 3.05) is 39.6 Å². The van der Waals surface area contributed by atoms with E-state index in [1.54, 1.807) is 0 Å². The number of rotatable bonds is 64. The summed E-state index contributed by atoms with van der Waals surface area (Å²) in [6.07, 6.45) is 66.5. The maximum absolute atomic E-state index is 12.8. The van der Waals surface area contributed by atoms with E-state index in [-0.39, 0.29) is 19.3 Å². The summed E-state index contributed by atoms with van der Waals surface area (Å²) in [5.41, 5.74) is 0. The number of allylic oxidation sites excluding steroid dienone is 14. The van der Waals surface area contributed by atoms with Crippen LogP contribution < -0.4 is 0 Å². The molecule has 504 valence electrons. The number of ether oxygens (including phenoxy) is 3. The second-order valence-electron chi connectivity index (χ2n) is 22.6. The summed E-state index contributed by atoms with van der Waals surface area (Å²) in [6, 6.07) is 0. The van der Waals surface area contributed by atoms with Crippen LogP contribution in [0, 0.1) is 0 Å². The quantitative estimate of drug-likeness (QED) is 0.0146. The molecule has 0 saturated carbocycles. The smallest absolute Gasteiger partial charge is 0.463 e. The molecule has 0 bridgehead atoms. The Bertz CT molecular complexity index is 1930. The second kappa shape index (κ2) is 62.9. The number of phosphoric acid groups is 2. The van der Waals surface area contributed by atoms with Crippen LogP contribution in [0.4, 0.5) is 0 Å². The third kappa shape index (κ3) is 64.1. The molecule has 0 amide bonds. The maximum Gasteiger partial charge on any atom is 0.472 e. The molecule has 0 rings (SSSR count). The largest absolute Gasteiger partial charge is 0.472 e. The molecule has 16 nitrogen and oxygen atoms in total. The van der Waals surface area contributed by atoms with Gasteiger partial charge in [-0.1, -0.05) is 234 Å². The van der Waals surface area contributed by atoms with E-state index in [2.05, 4.69) is 106 Å². The number of hydrogen-bond donors (Lipinski definition) is 4. The SMILES string of the molecule is CC/C=C\C/C=C\C/C=C\C/C=C\C/C=C\CCCCCCCCCCCC(=O)OCC(O)COP(=O)(O)OCC(O)COP(=O)(O)OCC(COC(=O)CCCCCCC/C=C\CCCCCCCC)OC(=O)CCCCCCC/C=C\CCCC. The summed E-state index contributed by atoms with van der Waals surface area (Å²) < 4.78 is 60.7. The Kier molecular flexibility index (Phi) is 60.5. The van der Waals surface area contributed by atoms with Crippen molar-refractivity contribution in [1.29, 1.82) is 0 Å². The zero-order valence-electron chi connectivity index (χ0n) is 54.4. The van der Waals surface area contributed by atoms with E-state index in [1.807, 2.05) is 0 Å². The monoisotopic (exact) mass is 1270 g/mol. The highest BCUT2D eigenvalue weighted by Crippen LogP contribution is 2.45. The van der Waals surface area contributed by atoms with Crippen LogP contribution in [-0.4, -0.2) is 95.9 Å². The Labute approximate surface area is 527 Å². The van der Waals surface area contributed by atoms with Crippen molar-refractivity contribution in [3.8, 4) is 0 Å². The Morgan fingerprint density at radius 2 is 0.621 bits per heavy atom. The lowest BCUT2D eigenvalue weighted by Crippen LogP contribution is -2.30. The van der Waals surface area contributed by atoms with Gasteiger partial charge in [0.2, 0.25) is 0 Å². The van der Waals surface area contributed by atoms with Crippen LogP contribution >= 0.6 is 15.6 Å². The van der Waals surface area contributed by atoms with Crippen molar-refractivity contribution >= 4 is 33.6 Å². The molecular formula is C69H122O16P2. The van der Waals surface area contributed by atoms with Gasteiger partial charge in [0.15, 0.2) is 6.10 Å². The van der Waals surface area contributed by atoms with E-state index in [0.29, 0.717) is 19.3 Å². The first-order valence-corrected chi connectivity index (χ1v) is 36.9. The number of carbonyl (C=O) groups excluding carboxylic acids is 3. The molecule has 5 atom stereocenters. The molecule has 0 aromatic carbocycles. The minimum absolute atomic E-state index is 0.0939. The number of unbranched alkanes of at least 4 members (excludes halogenated alkanes) is 27. The van der Waals surface area contributed by atoms with Crippen LogP contribution in [0.2, 0.25) is 0 Å². The van der Waals surface area contributed by atoms with E-state index >= 15 is 0 Å². The summed E-state index contributed by atoms with van der Waals surface area (Å²) >= 11 is 0. The van der Waals surface area contributed by atoms with Gasteiger partial charge in [-0.15, -0.1) is 0 Å². The van der Waals surface area contributed by atoms with Crippen molar-refractivity contribution in [3.05, 3.63) is 85.1 Å². The minimum atomic E-state index is -4.92. The average molecular weight is 1270 g/mol. The number of carbonyl (C=O) groups is 3. The molecule has 0 radical (unpaired) electrons. The van der Waals surface area contributed by atoms with Gasteiger partial charge in [0.25, 0.3) is 0 Å². The van der Waals surface area contributed by atoms with E-state index in [9.17, 15) is 43.5 Å². The lowest BCUT2D eigenvalue weighted by molar-refractivity contribution is -0.161. The average Bonchev–Trinajstić information content (AvgIpc) is 3.56. The van der Waals surface area contributed by atoms with Gasteiger partial charge in [-0.2, -0.15) is 0 Å². The van der Waals surface area contributed by atoms with Crippen LogP contribution in [0.1, 0.15) is 278 Å². The first-order valence-electron chi connectivity index (χ1n) is 33.9. The number of aliphatic hydroxyl groups excluding tert-OH is 2. The fraction of sp³-hybridized carbons (Fsp3) is 0.754. The molecule has 0 aliphatic carbocycles. The number of hydrogen-bond acceptors (Lipinski definition) is 14. The molecule has 5 unspecified atom stereocenters. The Balaban J connectivity index is 4.49. The minimum Gasteiger partial charge on any atom is -0.463 e. The highest BCUT2D eigenvalue weighted by molar-refractivity contribution is 7.47. The van der Waals surface area contributed by atoms with Gasteiger partial charge in [0, 0.05) is 19.3 Å². The molecule has 0 fully saturated rings. The van der Waals surface area contributed by atoms with E-state index in [1.165, 1.54) is 77.0 Å². The molecule has 0 saturated heterocycles. The molecule has 0 spiro atoms. The predicted molar refractivity (Wildman–Crippen MR) is 353 cm³/mol. The third-order valence-corrected chi connectivity index (χ3v) is 16.0. The topological polar surface area (TPSA) is 231 Å². The lowest BCUT2D eigenvalue weighted by Gasteiger charge is -2.21. The van der Waals surface area contributed by atoms with Gasteiger partial charge < -0.3 is 34.2 Å². The molecule has 0 aliphatic heterocycles. The van der Waals surface area contributed by atoms with Crippen LogP contribution in [0.15, 0.2) is 85.1 Å². The van der Waals surface area contributed by atoms with Gasteiger partial charge in [-0.25, -0.2) is 9.13 Å². The molecule has 18 heteroatoms. The Morgan fingerprint density at radius 3 is 1.01 bits per heavy atom. The predicted octanol–water partition coefficient (Wildman–Crippen LogP) is 18.5. The van der Waals surface area contributed by atoms with Crippen molar-refractivity contribution in [2.24, 2.45) is 0 Å². The zero-order valence-corrected chi connectivity index (χ0v) is 56.2. The van der Waals surface area contributed by atoms with E-state index in [0.717, 1.165) is 141 Å². The number of esters is 3. The Morgan fingerprint density at radius 1 is 0.333 bits per heavy atom. The third-order valence-electron chi connectivity index (χ3n) is 14.1. The van der Waals surface area contributed by atoms with Crippen LogP contribution in [0.25, 0.3) is 0 Å². The van der Waals surface area contributed by atoms with Crippen LogP contribution in [0.5, 0.6) is 0 Å². The van der Waals surface area contributed by atoms with Crippen molar-refractivity contribution < 1.29 is 75.8 Å². The fourth-order valence-corrected chi connectivity index (χ4v) is 10.5. The summed E-state index contributed by atoms with van der Waals surface area (Å²) in [4.78, 5) is 58.2. The maximum atomic E-state index is 12.8.